The summed E-state index contributed by atoms with van der Waals surface area (Å²) in [4.78, 5) is 22.4. The number of amides is 2. The van der Waals surface area contributed by atoms with Gasteiger partial charge in [0, 0.05) is 14.0 Å². The average Bonchev–Trinajstić information content (AvgIpc) is 2.25. The maximum atomic E-state index is 11.4. The number of rotatable bonds is 8. The molecule has 0 saturated heterocycles. The fraction of sp³-hybridized carbons (Fsp3) is 0.818. The zero-order valence-corrected chi connectivity index (χ0v) is 10.7. The van der Waals surface area contributed by atoms with E-state index in [0.29, 0.717) is 13.0 Å². The molecule has 4 N–H and O–H groups in total. The lowest BCUT2D eigenvalue weighted by atomic mass is 10.1. The number of likely N-dealkylation sites (N-methyl/N-ethyl adjacent to an activating group) is 1. The van der Waals surface area contributed by atoms with Crippen LogP contribution in [0.1, 0.15) is 33.1 Å². The van der Waals surface area contributed by atoms with Crippen LogP contribution in [-0.4, -0.2) is 42.8 Å². The van der Waals surface area contributed by atoms with Gasteiger partial charge in [0.05, 0.1) is 0 Å². The van der Waals surface area contributed by atoms with E-state index in [0.717, 1.165) is 12.8 Å². The summed E-state index contributed by atoms with van der Waals surface area (Å²) in [6.07, 6.45) is 1.73. The van der Waals surface area contributed by atoms with E-state index >= 15 is 0 Å². The average molecular weight is 245 g/mol. The first-order chi connectivity index (χ1) is 7.97. The highest BCUT2D eigenvalue weighted by atomic mass is 16.3. The van der Waals surface area contributed by atoms with Gasteiger partial charge < -0.3 is 15.7 Å². The summed E-state index contributed by atoms with van der Waals surface area (Å²) >= 11 is 0. The standard InChI is InChI=1S/C11H23N3O3/c1-8(15)13-7-5-4-6-10(11(17)12-3)14-9(2)16/h8,10,13,15H,4-7H2,1-3H3,(H,12,17)(H,14,16). The molecule has 0 saturated carbocycles. The summed E-state index contributed by atoms with van der Waals surface area (Å²) in [7, 11) is 1.55. The SMILES string of the molecule is CNC(=O)C(CCCCNC(C)O)NC(C)=O. The molecule has 0 spiro atoms. The molecule has 17 heavy (non-hydrogen) atoms. The number of hydrogen-bond donors (Lipinski definition) is 4. The van der Waals surface area contributed by atoms with Gasteiger partial charge in [-0.25, -0.2) is 0 Å². The second-order valence-corrected chi connectivity index (χ2v) is 3.99. The lowest BCUT2D eigenvalue weighted by Crippen LogP contribution is -2.44. The topological polar surface area (TPSA) is 90.5 Å². The van der Waals surface area contributed by atoms with Gasteiger partial charge in [0.2, 0.25) is 11.8 Å². The number of aliphatic hydroxyl groups excluding tert-OH is 1. The van der Waals surface area contributed by atoms with Gasteiger partial charge in [-0.3, -0.25) is 14.9 Å². The van der Waals surface area contributed by atoms with Crippen molar-refractivity contribution in [3.05, 3.63) is 0 Å². The van der Waals surface area contributed by atoms with E-state index in [2.05, 4.69) is 16.0 Å². The number of carbonyl (C=O) groups is 2. The van der Waals surface area contributed by atoms with Crippen molar-refractivity contribution in [2.24, 2.45) is 0 Å². The van der Waals surface area contributed by atoms with Crippen LogP contribution in [0.15, 0.2) is 0 Å². The van der Waals surface area contributed by atoms with Crippen molar-refractivity contribution in [3.8, 4) is 0 Å². The summed E-state index contributed by atoms with van der Waals surface area (Å²) in [6, 6.07) is -0.468. The highest BCUT2D eigenvalue weighted by molar-refractivity contribution is 5.86. The van der Waals surface area contributed by atoms with Crippen LogP contribution >= 0.6 is 0 Å². The van der Waals surface area contributed by atoms with E-state index < -0.39 is 12.3 Å². The molecule has 0 aliphatic carbocycles. The number of hydrogen-bond acceptors (Lipinski definition) is 4. The third-order valence-electron chi connectivity index (χ3n) is 2.30. The Labute approximate surface area is 102 Å². The van der Waals surface area contributed by atoms with Crippen molar-refractivity contribution in [1.82, 2.24) is 16.0 Å². The highest BCUT2D eigenvalue weighted by Crippen LogP contribution is 2.01. The van der Waals surface area contributed by atoms with Gasteiger partial charge in [-0.1, -0.05) is 0 Å². The summed E-state index contributed by atoms with van der Waals surface area (Å²) in [5, 5.41) is 17.0. The van der Waals surface area contributed by atoms with Crippen LogP contribution in [0.25, 0.3) is 0 Å². The molecule has 100 valence electrons. The Morgan fingerprint density at radius 2 is 1.94 bits per heavy atom. The second kappa shape index (κ2) is 8.95. The van der Waals surface area contributed by atoms with Gasteiger partial charge in [0.1, 0.15) is 12.3 Å². The van der Waals surface area contributed by atoms with Crippen molar-refractivity contribution in [3.63, 3.8) is 0 Å². The third-order valence-corrected chi connectivity index (χ3v) is 2.30. The number of nitrogens with one attached hydrogen (secondary N) is 3. The molecule has 0 aliphatic heterocycles. The first-order valence-corrected chi connectivity index (χ1v) is 5.87. The van der Waals surface area contributed by atoms with Gasteiger partial charge in [-0.15, -0.1) is 0 Å². The van der Waals surface area contributed by atoms with Crippen LogP contribution in [0, 0.1) is 0 Å². The van der Waals surface area contributed by atoms with Gasteiger partial charge in [-0.05, 0) is 32.7 Å². The van der Waals surface area contributed by atoms with Crippen LogP contribution in [-0.2, 0) is 9.59 Å². The molecule has 0 aromatic carbocycles. The van der Waals surface area contributed by atoms with E-state index in [9.17, 15) is 9.59 Å². The number of unbranched alkanes of at least 4 members (excludes halogenated alkanes) is 1. The predicted octanol–water partition coefficient (Wildman–Crippen LogP) is -0.665. The summed E-state index contributed by atoms with van der Waals surface area (Å²) in [5.41, 5.74) is 0. The molecule has 2 unspecified atom stereocenters. The van der Waals surface area contributed by atoms with Crippen molar-refractivity contribution in [2.45, 2.75) is 45.4 Å². The van der Waals surface area contributed by atoms with Crippen LogP contribution in [0.4, 0.5) is 0 Å². The minimum Gasteiger partial charge on any atom is -0.379 e. The lowest BCUT2D eigenvalue weighted by molar-refractivity contribution is -0.127. The maximum absolute atomic E-state index is 11.4. The van der Waals surface area contributed by atoms with Crippen LogP contribution in [0.5, 0.6) is 0 Å². The summed E-state index contributed by atoms with van der Waals surface area (Å²) in [5.74, 6) is -0.385. The second-order valence-electron chi connectivity index (χ2n) is 3.99. The zero-order valence-electron chi connectivity index (χ0n) is 10.7. The third kappa shape index (κ3) is 8.65. The van der Waals surface area contributed by atoms with Crippen LogP contribution < -0.4 is 16.0 Å². The summed E-state index contributed by atoms with van der Waals surface area (Å²) < 4.78 is 0. The minimum atomic E-state index is -0.514. The molecule has 0 rings (SSSR count). The molecule has 6 heteroatoms. The molecule has 0 fully saturated rings. The molecule has 0 aliphatic rings. The quantitative estimate of drug-likeness (QED) is 0.337. The van der Waals surface area contributed by atoms with Gasteiger partial charge in [0.25, 0.3) is 0 Å². The molecule has 6 nitrogen and oxygen atoms in total. The maximum Gasteiger partial charge on any atom is 0.242 e. The van der Waals surface area contributed by atoms with Crippen LogP contribution in [0.3, 0.4) is 0 Å². The normalized spacial score (nSPS) is 13.9. The summed E-state index contributed by atoms with van der Waals surface area (Å²) in [6.45, 7) is 3.74. The van der Waals surface area contributed by atoms with E-state index in [-0.39, 0.29) is 11.8 Å². The molecule has 0 aromatic rings. The molecule has 0 aromatic heterocycles. The van der Waals surface area contributed by atoms with Gasteiger partial charge in [0.15, 0.2) is 0 Å². The Morgan fingerprint density at radius 3 is 2.41 bits per heavy atom. The van der Waals surface area contributed by atoms with Crippen molar-refractivity contribution < 1.29 is 14.7 Å². The van der Waals surface area contributed by atoms with Crippen molar-refractivity contribution in [1.29, 1.82) is 0 Å². The fourth-order valence-corrected chi connectivity index (χ4v) is 1.47. The molecule has 0 bridgehead atoms. The van der Waals surface area contributed by atoms with Crippen molar-refractivity contribution >= 4 is 11.8 Å². The van der Waals surface area contributed by atoms with Gasteiger partial charge in [-0.2, -0.15) is 0 Å². The predicted molar refractivity (Wildman–Crippen MR) is 65.2 cm³/mol. The first-order valence-electron chi connectivity index (χ1n) is 5.87. The number of aliphatic hydroxyl groups is 1. The Kier molecular flexibility index (Phi) is 8.35. The zero-order chi connectivity index (χ0) is 13.3. The first kappa shape index (κ1) is 15.9. The molecule has 0 radical (unpaired) electrons. The molecule has 2 atom stereocenters. The highest BCUT2D eigenvalue weighted by Gasteiger charge is 2.17. The Hall–Kier alpha value is -1.14. The number of carbonyl (C=O) groups excluding carboxylic acids is 2. The van der Waals surface area contributed by atoms with Gasteiger partial charge >= 0.3 is 0 Å². The van der Waals surface area contributed by atoms with E-state index in [1.54, 1.807) is 14.0 Å². The molecule has 0 heterocycles. The molecular weight excluding hydrogens is 222 g/mol. The molecule has 2 amide bonds. The monoisotopic (exact) mass is 245 g/mol. The Balaban J connectivity index is 3.84. The fourth-order valence-electron chi connectivity index (χ4n) is 1.47. The Bertz CT molecular complexity index is 244. The van der Waals surface area contributed by atoms with E-state index in [1.165, 1.54) is 6.92 Å². The Morgan fingerprint density at radius 1 is 1.29 bits per heavy atom. The largest absolute Gasteiger partial charge is 0.379 e. The van der Waals surface area contributed by atoms with Crippen LogP contribution in [0.2, 0.25) is 0 Å². The molecular formula is C11H23N3O3. The lowest BCUT2D eigenvalue weighted by Gasteiger charge is -2.16. The minimum absolute atomic E-state index is 0.177. The smallest absolute Gasteiger partial charge is 0.242 e. The van der Waals surface area contributed by atoms with E-state index in [4.69, 9.17) is 5.11 Å². The van der Waals surface area contributed by atoms with E-state index in [1.807, 2.05) is 0 Å². The van der Waals surface area contributed by atoms with Crippen molar-refractivity contribution in [2.75, 3.05) is 13.6 Å².